The van der Waals surface area contributed by atoms with Gasteiger partial charge in [0.05, 0.1) is 53.3 Å². The molecule has 8 aliphatic carbocycles. The number of aliphatic hydroxyl groups excluding tert-OH is 1. The molecule has 22 nitrogen and oxygen atoms in total. The lowest BCUT2D eigenvalue weighted by Gasteiger charge is -2.52. The topological polar surface area (TPSA) is 288 Å². The number of carbonyl (C=O) groups is 8. The summed E-state index contributed by atoms with van der Waals surface area (Å²) < 4.78 is 64.8. The van der Waals surface area contributed by atoms with Gasteiger partial charge >= 0.3 is 47.8 Å². The second kappa shape index (κ2) is 27.4. The smallest absolute Gasteiger partial charge is 0.338 e. The lowest BCUT2D eigenvalue weighted by molar-refractivity contribution is -0.198. The van der Waals surface area contributed by atoms with Crippen LogP contribution < -0.4 is 0 Å². The van der Waals surface area contributed by atoms with Crippen LogP contribution in [-0.2, 0) is 95.2 Å². The number of cyclic esters (lactones) is 4. The molecule has 0 amide bonds. The number of aliphatic hydroxyl groups is 2. The molecular formula is C78H96O22. The lowest BCUT2D eigenvalue weighted by atomic mass is 9.61. The molecule has 15 unspecified atom stereocenters. The zero-order valence-electron chi connectivity index (χ0n) is 59.6. The quantitative estimate of drug-likeness (QED) is 0.0750. The van der Waals surface area contributed by atoms with Crippen LogP contribution in [0.1, 0.15) is 186 Å². The van der Waals surface area contributed by atoms with Gasteiger partial charge in [0.25, 0.3) is 25.2 Å². The van der Waals surface area contributed by atoms with Crippen molar-refractivity contribution in [3.63, 3.8) is 0 Å². The molecule has 16 rings (SSSR count). The van der Waals surface area contributed by atoms with E-state index in [1.165, 1.54) is 68.3 Å². The Bertz CT molecular complexity index is 3780. The summed E-state index contributed by atoms with van der Waals surface area (Å²) in [5.41, 5.74) is 5.91. The molecule has 0 aromatic heterocycles. The maximum atomic E-state index is 12.6. The van der Waals surface area contributed by atoms with Gasteiger partial charge in [-0.3, -0.25) is 0 Å². The van der Waals surface area contributed by atoms with Gasteiger partial charge in [0.2, 0.25) is 0 Å². The maximum Gasteiger partial charge on any atom is 0.338 e. The Balaban J connectivity index is 0.000000125. The fourth-order valence-corrected chi connectivity index (χ4v) is 18.3. The average Bonchev–Trinajstić information content (AvgIpc) is 1.54. The zero-order chi connectivity index (χ0) is 71.9. The van der Waals surface area contributed by atoms with Gasteiger partial charge in [-0.25, -0.2) is 38.4 Å². The molecule has 8 heterocycles. The van der Waals surface area contributed by atoms with Crippen LogP contribution in [0, 0.1) is 57.7 Å². The molecule has 22 heteroatoms. The number of fused-ring (bicyclic) bond motifs is 9. The van der Waals surface area contributed by atoms with Crippen molar-refractivity contribution in [2.75, 3.05) is 0 Å². The number of carbonyl (C=O) groups excluding carboxylic acids is 8. The van der Waals surface area contributed by atoms with Gasteiger partial charge in [0.1, 0.15) is 30.0 Å². The van der Waals surface area contributed by atoms with Crippen molar-refractivity contribution in [3.8, 4) is 0 Å². The number of esters is 8. The summed E-state index contributed by atoms with van der Waals surface area (Å²) in [6.07, 6.45) is 26.6. The largest absolute Gasteiger partial charge is 0.458 e. The van der Waals surface area contributed by atoms with Gasteiger partial charge in [-0.1, -0.05) is 92.9 Å². The third-order valence-electron chi connectivity index (χ3n) is 23.5. The van der Waals surface area contributed by atoms with Crippen LogP contribution in [0.5, 0.6) is 0 Å². The fraction of sp³-hybridized carbons (Fsp3) is 0.615. The Morgan fingerprint density at radius 3 is 1.51 bits per heavy atom. The van der Waals surface area contributed by atoms with Crippen LogP contribution in [-0.4, -0.2) is 119 Å². The van der Waals surface area contributed by atoms with Gasteiger partial charge in [-0.2, -0.15) is 0 Å². The third-order valence-corrected chi connectivity index (χ3v) is 23.5. The van der Waals surface area contributed by atoms with Crippen LogP contribution in [0.3, 0.4) is 0 Å². The number of allylic oxidation sites excluding steroid dienone is 1. The Morgan fingerprint density at radius 1 is 0.510 bits per heavy atom. The average molecular weight is 1390 g/mol. The monoisotopic (exact) mass is 1380 g/mol. The first-order valence-corrected chi connectivity index (χ1v) is 35.7. The van der Waals surface area contributed by atoms with E-state index in [1.54, 1.807) is 52.0 Å². The number of ether oxygens (including phenoxy) is 12. The van der Waals surface area contributed by atoms with E-state index in [1.807, 2.05) is 39.8 Å². The van der Waals surface area contributed by atoms with E-state index in [0.29, 0.717) is 56.8 Å². The van der Waals surface area contributed by atoms with Crippen molar-refractivity contribution in [3.05, 3.63) is 128 Å². The van der Waals surface area contributed by atoms with E-state index >= 15 is 0 Å². The summed E-state index contributed by atoms with van der Waals surface area (Å²) in [6, 6.07) is 0. The van der Waals surface area contributed by atoms with Gasteiger partial charge in [-0.05, 0) is 145 Å². The first-order chi connectivity index (χ1) is 47.3. The highest BCUT2D eigenvalue weighted by atomic mass is 16.7. The van der Waals surface area contributed by atoms with Crippen molar-refractivity contribution in [1.29, 1.82) is 0 Å². The van der Waals surface area contributed by atoms with Gasteiger partial charge in [0, 0.05) is 81.1 Å². The van der Waals surface area contributed by atoms with Gasteiger partial charge in [-0.15, -0.1) is 0 Å². The minimum atomic E-state index is -1.14. The van der Waals surface area contributed by atoms with E-state index in [0.717, 1.165) is 75.4 Å². The highest BCUT2D eigenvalue weighted by molar-refractivity contribution is 5.95. The minimum Gasteiger partial charge on any atom is -0.458 e. The van der Waals surface area contributed by atoms with Crippen LogP contribution in [0.4, 0.5) is 0 Å². The lowest BCUT2D eigenvalue weighted by Crippen LogP contribution is -2.61. The molecule has 2 N–H and O–H groups in total. The standard InChI is InChI=1S/2C19H22O6.C19H24O5.C18H20O5.C3H8/c1-10-7-14(24-16(10)20)23-9-13-12-8-11-5-4-6-18(2,3)19(11,22)15(12)25-17(13)21;1-10-7-14(24-16(10)21)23-9-13-12-8-11-5-4-6-18(2,3)19(11,15(12)20)25-17(13)22;1-10-7-14(23-17(10)20)22-9-13-12-8-11-5-4-6-19(2,3)15(11)16(12)24-18(13)21;1-9-4-3-5-11-7-12-13(18(20)23-16(12)15(9)11)8-21-14-6-10(2)17(19)22-14;1-3-2/h7-9,12,14-15,22H,4-6H2,1-3H3;7-9,12,14-15,20H,4-6H2,1-3H3;7,9,11-12,14-16H,4-6,8H2,1-3H3;6,8-9,12,14,16H,3-5,7H2,1-2H3;3H2,1-2H3/b3*13-9+;13-8+;/t;12?,14?,15-,19-;;;/m.1.../s1. The Kier molecular flexibility index (Phi) is 19.7. The normalized spacial score (nSPS) is 38.9. The van der Waals surface area contributed by atoms with E-state index in [9.17, 15) is 48.6 Å². The Morgan fingerprint density at radius 2 is 0.980 bits per heavy atom. The van der Waals surface area contributed by atoms with Crippen molar-refractivity contribution in [2.24, 2.45) is 57.7 Å². The molecule has 4 saturated heterocycles. The molecule has 0 radical (unpaired) electrons. The van der Waals surface area contributed by atoms with Crippen molar-refractivity contribution < 1.29 is 105 Å². The molecular weight excluding hydrogens is 1290 g/mol. The minimum absolute atomic E-state index is 0.0314. The molecule has 540 valence electrons. The van der Waals surface area contributed by atoms with Crippen LogP contribution in [0.2, 0.25) is 0 Å². The summed E-state index contributed by atoms with van der Waals surface area (Å²) in [4.78, 5) is 95.0. The summed E-state index contributed by atoms with van der Waals surface area (Å²) in [6.45, 7) is 25.8. The molecule has 1 spiro atoms. The van der Waals surface area contributed by atoms with Gasteiger partial charge < -0.3 is 67.1 Å². The number of hydrogen-bond acceptors (Lipinski definition) is 22. The number of rotatable bonds is 8. The Hall–Kier alpha value is -7.98. The highest BCUT2D eigenvalue weighted by Crippen LogP contribution is 2.62. The summed E-state index contributed by atoms with van der Waals surface area (Å²) >= 11 is 0. The molecule has 4 saturated carbocycles. The second-order valence-electron chi connectivity index (χ2n) is 31.5. The third kappa shape index (κ3) is 12.8. The molecule has 0 aromatic rings. The van der Waals surface area contributed by atoms with E-state index in [4.69, 9.17) is 56.8 Å². The van der Waals surface area contributed by atoms with Crippen molar-refractivity contribution in [2.45, 2.75) is 247 Å². The van der Waals surface area contributed by atoms with E-state index < -0.39 is 78.4 Å². The van der Waals surface area contributed by atoms with Crippen LogP contribution in [0.25, 0.3) is 0 Å². The molecule has 16 aliphatic rings. The first-order valence-electron chi connectivity index (χ1n) is 35.7. The molecule has 100 heavy (non-hydrogen) atoms. The van der Waals surface area contributed by atoms with Crippen LogP contribution in [0.15, 0.2) is 128 Å². The maximum absolute atomic E-state index is 12.6. The molecule has 17 atom stereocenters. The van der Waals surface area contributed by atoms with Crippen LogP contribution >= 0.6 is 0 Å². The molecule has 2 bridgehead atoms. The number of hydrogen-bond donors (Lipinski definition) is 2. The summed E-state index contributed by atoms with van der Waals surface area (Å²) in [5.74, 6) is -2.32. The highest BCUT2D eigenvalue weighted by Gasteiger charge is 2.67. The molecule has 8 fully saturated rings. The molecule has 8 aliphatic heterocycles. The predicted octanol–water partition coefficient (Wildman–Crippen LogP) is 11.6. The van der Waals surface area contributed by atoms with E-state index in [-0.39, 0.29) is 75.7 Å². The predicted molar refractivity (Wildman–Crippen MR) is 356 cm³/mol. The van der Waals surface area contributed by atoms with Gasteiger partial charge in [0.15, 0.2) is 5.60 Å². The molecule has 0 aromatic carbocycles. The summed E-state index contributed by atoms with van der Waals surface area (Å²) in [7, 11) is 0. The van der Waals surface area contributed by atoms with Crippen molar-refractivity contribution >= 4 is 47.8 Å². The second-order valence-corrected chi connectivity index (χ2v) is 31.5. The Labute approximate surface area is 583 Å². The van der Waals surface area contributed by atoms with E-state index in [2.05, 4.69) is 34.6 Å². The summed E-state index contributed by atoms with van der Waals surface area (Å²) in [5, 5.41) is 22.4. The first kappa shape index (κ1) is 71.8. The fourth-order valence-electron chi connectivity index (χ4n) is 18.3. The zero-order valence-corrected chi connectivity index (χ0v) is 59.6. The SMILES string of the molecule is CC1=CC(O/C=C2/C(=O)OC3C2C=C2CCCC(C)(C)C23O)OC1=O.CC1=CC(O/C=C2/C(=O)OC3C2CC2CCCC(C)(C)C23)OC1=O.CC1=CC(O/C=C2/C(=O)OC3C4=C(CCCC4C)CC23)OC1=O.CC1=CC(O/C=C2/C(=O)O[C@]34C(=CC2[C@H]3O)CCCC4(C)C)OC1=O.CCC. The van der Waals surface area contributed by atoms with Crippen molar-refractivity contribution in [1.82, 2.24) is 0 Å².